The van der Waals surface area contributed by atoms with Crippen LogP contribution in [0.2, 0.25) is 0 Å². The summed E-state index contributed by atoms with van der Waals surface area (Å²) in [5.41, 5.74) is 7.88. The summed E-state index contributed by atoms with van der Waals surface area (Å²) in [6.07, 6.45) is 2.43. The van der Waals surface area contributed by atoms with Crippen molar-refractivity contribution in [1.29, 1.82) is 0 Å². The fraction of sp³-hybridized carbons (Fsp3) is 0.312. The SMILES string of the molecule is Nc1nc2nc(SCc3ccccc3)nc(N3CCCC3)c2s1. The molecule has 2 N–H and O–H groups in total. The van der Waals surface area contributed by atoms with Gasteiger partial charge in [0.15, 0.2) is 21.8 Å². The van der Waals surface area contributed by atoms with Crippen molar-refractivity contribution in [2.24, 2.45) is 0 Å². The Morgan fingerprint density at radius 2 is 1.87 bits per heavy atom. The fourth-order valence-corrected chi connectivity index (χ4v) is 4.32. The number of nitrogen functional groups attached to an aromatic ring is 1. The van der Waals surface area contributed by atoms with Crippen LogP contribution in [0.25, 0.3) is 10.3 Å². The summed E-state index contributed by atoms with van der Waals surface area (Å²) in [5, 5.41) is 1.33. The van der Waals surface area contributed by atoms with Gasteiger partial charge in [0.2, 0.25) is 0 Å². The maximum atomic E-state index is 5.89. The van der Waals surface area contributed by atoms with Gasteiger partial charge in [0.25, 0.3) is 0 Å². The number of rotatable bonds is 4. The minimum Gasteiger partial charge on any atom is -0.375 e. The zero-order chi connectivity index (χ0) is 15.6. The maximum absolute atomic E-state index is 5.89. The summed E-state index contributed by atoms with van der Waals surface area (Å²) in [6.45, 7) is 2.10. The molecule has 4 rings (SSSR count). The van der Waals surface area contributed by atoms with Gasteiger partial charge in [-0.1, -0.05) is 53.4 Å². The lowest BCUT2D eigenvalue weighted by atomic mass is 10.2. The number of nitrogens with two attached hydrogens (primary N) is 1. The summed E-state index contributed by atoms with van der Waals surface area (Å²) < 4.78 is 1.01. The van der Waals surface area contributed by atoms with Crippen LogP contribution in [0, 0.1) is 0 Å². The molecule has 0 saturated carbocycles. The molecule has 1 fully saturated rings. The quantitative estimate of drug-likeness (QED) is 0.577. The lowest BCUT2D eigenvalue weighted by Gasteiger charge is -2.17. The second-order valence-corrected chi connectivity index (χ2v) is 7.48. The molecule has 1 aromatic carbocycles. The van der Waals surface area contributed by atoms with Crippen LogP contribution < -0.4 is 10.6 Å². The Kier molecular flexibility index (Phi) is 4.05. The van der Waals surface area contributed by atoms with Gasteiger partial charge >= 0.3 is 0 Å². The number of nitrogens with zero attached hydrogens (tertiary/aromatic N) is 4. The van der Waals surface area contributed by atoms with E-state index < -0.39 is 0 Å². The van der Waals surface area contributed by atoms with Gasteiger partial charge in [0.05, 0.1) is 0 Å². The highest BCUT2D eigenvalue weighted by Gasteiger charge is 2.20. The van der Waals surface area contributed by atoms with Gasteiger partial charge in [0.1, 0.15) is 4.70 Å². The van der Waals surface area contributed by atoms with Crippen LogP contribution in [0.1, 0.15) is 18.4 Å². The maximum Gasteiger partial charge on any atom is 0.191 e. The summed E-state index contributed by atoms with van der Waals surface area (Å²) in [6, 6.07) is 10.4. The molecule has 0 radical (unpaired) electrons. The van der Waals surface area contributed by atoms with E-state index in [0.29, 0.717) is 5.13 Å². The Balaban J connectivity index is 1.66. The molecule has 118 valence electrons. The van der Waals surface area contributed by atoms with Crippen molar-refractivity contribution >= 4 is 44.4 Å². The monoisotopic (exact) mass is 343 g/mol. The molecule has 7 heteroatoms. The minimum atomic E-state index is 0.556. The fourth-order valence-electron chi connectivity index (χ4n) is 2.74. The molecule has 1 saturated heterocycles. The first-order valence-electron chi connectivity index (χ1n) is 7.65. The van der Waals surface area contributed by atoms with Gasteiger partial charge in [-0.25, -0.2) is 15.0 Å². The van der Waals surface area contributed by atoms with Crippen molar-refractivity contribution in [1.82, 2.24) is 15.0 Å². The Labute approximate surface area is 143 Å². The third-order valence-electron chi connectivity index (χ3n) is 3.85. The summed E-state index contributed by atoms with van der Waals surface area (Å²) in [5.74, 6) is 1.85. The molecule has 2 aromatic heterocycles. The molecule has 1 aliphatic heterocycles. The topological polar surface area (TPSA) is 67.9 Å². The van der Waals surface area contributed by atoms with Crippen molar-refractivity contribution in [2.45, 2.75) is 23.8 Å². The molecule has 1 aliphatic rings. The number of thiazole rings is 1. The van der Waals surface area contributed by atoms with Crippen LogP contribution in [0.4, 0.5) is 10.9 Å². The highest BCUT2D eigenvalue weighted by atomic mass is 32.2. The van der Waals surface area contributed by atoms with E-state index in [1.807, 2.05) is 6.07 Å². The second-order valence-electron chi connectivity index (χ2n) is 5.50. The predicted molar refractivity (Wildman–Crippen MR) is 97.1 cm³/mol. The normalized spacial score (nSPS) is 14.7. The van der Waals surface area contributed by atoms with Gasteiger partial charge < -0.3 is 10.6 Å². The first-order valence-corrected chi connectivity index (χ1v) is 9.45. The Hall–Kier alpha value is -1.86. The number of hydrogen-bond acceptors (Lipinski definition) is 7. The van der Waals surface area contributed by atoms with Crippen LogP contribution in [-0.4, -0.2) is 28.0 Å². The molecule has 0 amide bonds. The largest absolute Gasteiger partial charge is 0.375 e. The number of anilines is 2. The average Bonchev–Trinajstić information content (AvgIpc) is 3.21. The van der Waals surface area contributed by atoms with Crippen LogP contribution in [-0.2, 0) is 5.75 Å². The van der Waals surface area contributed by atoms with Crippen molar-refractivity contribution in [3.8, 4) is 0 Å². The minimum absolute atomic E-state index is 0.556. The van der Waals surface area contributed by atoms with Crippen LogP contribution >= 0.6 is 23.1 Å². The van der Waals surface area contributed by atoms with E-state index in [2.05, 4.69) is 39.1 Å². The smallest absolute Gasteiger partial charge is 0.191 e. The van der Waals surface area contributed by atoms with E-state index in [-0.39, 0.29) is 0 Å². The third-order valence-corrected chi connectivity index (χ3v) is 5.64. The predicted octanol–water partition coefficient (Wildman–Crippen LogP) is 3.56. The summed E-state index contributed by atoms with van der Waals surface area (Å²) in [7, 11) is 0. The van der Waals surface area contributed by atoms with E-state index in [0.717, 1.165) is 40.2 Å². The molecular weight excluding hydrogens is 326 g/mol. The lowest BCUT2D eigenvalue weighted by molar-refractivity contribution is 0.897. The summed E-state index contributed by atoms with van der Waals surface area (Å²) >= 11 is 3.13. The number of aromatic nitrogens is 3. The third kappa shape index (κ3) is 3.11. The Morgan fingerprint density at radius 1 is 1.09 bits per heavy atom. The first kappa shape index (κ1) is 14.7. The van der Waals surface area contributed by atoms with E-state index in [1.54, 1.807) is 11.8 Å². The standard InChI is InChI=1S/C16H17N5S2/c17-15-18-13-12(23-15)14(21-8-4-5-9-21)20-16(19-13)22-10-11-6-2-1-3-7-11/h1-3,6-7H,4-5,8-10H2,(H2,17,18,19,20). The highest BCUT2D eigenvalue weighted by Crippen LogP contribution is 2.34. The highest BCUT2D eigenvalue weighted by molar-refractivity contribution is 7.98. The van der Waals surface area contributed by atoms with E-state index >= 15 is 0 Å². The van der Waals surface area contributed by atoms with Crippen molar-refractivity contribution in [3.63, 3.8) is 0 Å². The summed E-state index contributed by atoms with van der Waals surface area (Å²) in [4.78, 5) is 16.1. The van der Waals surface area contributed by atoms with Crippen LogP contribution in [0.15, 0.2) is 35.5 Å². The van der Waals surface area contributed by atoms with Crippen LogP contribution in [0.3, 0.4) is 0 Å². The number of hydrogen-bond donors (Lipinski definition) is 1. The molecule has 0 unspecified atom stereocenters. The lowest BCUT2D eigenvalue weighted by Crippen LogP contribution is -2.19. The molecule has 3 heterocycles. The van der Waals surface area contributed by atoms with Crippen LogP contribution in [0.5, 0.6) is 0 Å². The molecule has 3 aromatic rings. The molecule has 0 bridgehead atoms. The van der Waals surface area contributed by atoms with Gasteiger partial charge in [-0.05, 0) is 18.4 Å². The molecule has 0 atom stereocenters. The van der Waals surface area contributed by atoms with Crippen molar-refractivity contribution in [2.75, 3.05) is 23.7 Å². The van der Waals surface area contributed by atoms with Gasteiger partial charge in [-0.3, -0.25) is 0 Å². The number of thioether (sulfide) groups is 1. The van der Waals surface area contributed by atoms with E-state index in [4.69, 9.17) is 10.7 Å². The molecule has 23 heavy (non-hydrogen) atoms. The van der Waals surface area contributed by atoms with Gasteiger partial charge in [-0.2, -0.15) is 0 Å². The average molecular weight is 343 g/mol. The van der Waals surface area contributed by atoms with E-state index in [1.165, 1.54) is 29.7 Å². The zero-order valence-corrected chi connectivity index (χ0v) is 14.2. The van der Waals surface area contributed by atoms with Gasteiger partial charge in [-0.15, -0.1) is 0 Å². The Bertz CT molecular complexity index is 812. The Morgan fingerprint density at radius 3 is 2.65 bits per heavy atom. The molecular formula is C16H17N5S2. The van der Waals surface area contributed by atoms with E-state index in [9.17, 15) is 0 Å². The van der Waals surface area contributed by atoms with Crippen molar-refractivity contribution < 1.29 is 0 Å². The molecule has 0 spiro atoms. The van der Waals surface area contributed by atoms with Gasteiger partial charge in [0, 0.05) is 18.8 Å². The first-order chi connectivity index (χ1) is 11.3. The molecule has 0 aliphatic carbocycles. The zero-order valence-electron chi connectivity index (χ0n) is 12.6. The number of benzene rings is 1. The molecule has 5 nitrogen and oxygen atoms in total. The number of fused-ring (bicyclic) bond motifs is 1. The second kappa shape index (κ2) is 6.33. The van der Waals surface area contributed by atoms with Crippen molar-refractivity contribution in [3.05, 3.63) is 35.9 Å².